The van der Waals surface area contributed by atoms with Crippen LogP contribution in [0.2, 0.25) is 0 Å². The van der Waals surface area contributed by atoms with E-state index in [1.807, 2.05) is 0 Å². The van der Waals surface area contributed by atoms with Crippen molar-refractivity contribution < 1.29 is 9.50 Å². The third kappa shape index (κ3) is 1.53. The van der Waals surface area contributed by atoms with E-state index in [4.69, 9.17) is 0 Å². The second-order valence-electron chi connectivity index (χ2n) is 2.63. The molecule has 1 atom stereocenters. The third-order valence-electron chi connectivity index (χ3n) is 1.85. The fourth-order valence-electron chi connectivity index (χ4n) is 1.07. The molecule has 0 amide bonds. The van der Waals surface area contributed by atoms with Gasteiger partial charge in [0.15, 0.2) is 0 Å². The molecule has 0 spiro atoms. The van der Waals surface area contributed by atoms with Crippen LogP contribution >= 0.6 is 0 Å². The van der Waals surface area contributed by atoms with Crippen LogP contribution < -0.4 is 0 Å². The third-order valence-corrected chi connectivity index (χ3v) is 1.85. The van der Waals surface area contributed by atoms with Gasteiger partial charge in [-0.3, -0.25) is 0 Å². The molecule has 0 heterocycles. The highest BCUT2D eigenvalue weighted by Gasteiger charge is 2.08. The van der Waals surface area contributed by atoms with Gasteiger partial charge in [0.05, 0.1) is 6.10 Å². The van der Waals surface area contributed by atoms with Gasteiger partial charge in [0.2, 0.25) is 0 Å². The van der Waals surface area contributed by atoms with Gasteiger partial charge in [-0.05, 0) is 24.1 Å². The second-order valence-corrected chi connectivity index (χ2v) is 2.63. The summed E-state index contributed by atoms with van der Waals surface area (Å²) in [5, 5.41) is 9.35. The van der Waals surface area contributed by atoms with Gasteiger partial charge in [-0.2, -0.15) is 0 Å². The molecule has 1 unspecified atom stereocenters. The van der Waals surface area contributed by atoms with Crippen molar-refractivity contribution in [2.45, 2.75) is 13.0 Å². The summed E-state index contributed by atoms with van der Waals surface area (Å²) >= 11 is 0. The Balaban J connectivity index is 3.15. The first kappa shape index (κ1) is 8.94. The van der Waals surface area contributed by atoms with Crippen molar-refractivity contribution in [2.24, 2.45) is 0 Å². The lowest BCUT2D eigenvalue weighted by atomic mass is 10.0. The highest BCUT2D eigenvalue weighted by molar-refractivity contribution is 5.30. The van der Waals surface area contributed by atoms with E-state index in [1.54, 1.807) is 19.1 Å². The number of benzene rings is 1. The van der Waals surface area contributed by atoms with E-state index in [9.17, 15) is 9.50 Å². The fourth-order valence-corrected chi connectivity index (χ4v) is 1.07. The van der Waals surface area contributed by atoms with Crippen LogP contribution in [0.1, 0.15) is 17.2 Å². The number of aliphatic hydroxyl groups excluding tert-OH is 1. The van der Waals surface area contributed by atoms with E-state index in [-0.39, 0.29) is 5.82 Å². The van der Waals surface area contributed by atoms with E-state index in [2.05, 4.69) is 6.58 Å². The first-order valence-corrected chi connectivity index (χ1v) is 3.72. The first-order valence-electron chi connectivity index (χ1n) is 3.72. The van der Waals surface area contributed by atoms with E-state index >= 15 is 0 Å². The Morgan fingerprint density at radius 1 is 1.58 bits per heavy atom. The molecule has 0 bridgehead atoms. The van der Waals surface area contributed by atoms with Gasteiger partial charge in [0.1, 0.15) is 5.82 Å². The Bertz CT molecular complexity index is 294. The van der Waals surface area contributed by atoms with Gasteiger partial charge in [0.25, 0.3) is 0 Å². The molecular formula is C10H11FO. The highest BCUT2D eigenvalue weighted by atomic mass is 19.1. The molecule has 0 aliphatic heterocycles. The predicted molar refractivity (Wildman–Crippen MR) is 46.3 cm³/mol. The maximum atomic E-state index is 12.9. The van der Waals surface area contributed by atoms with Crippen LogP contribution in [-0.4, -0.2) is 5.11 Å². The summed E-state index contributed by atoms with van der Waals surface area (Å²) < 4.78 is 12.9. The van der Waals surface area contributed by atoms with Gasteiger partial charge < -0.3 is 5.11 Å². The average molecular weight is 166 g/mol. The van der Waals surface area contributed by atoms with Gasteiger partial charge in [-0.25, -0.2) is 4.39 Å². The van der Waals surface area contributed by atoms with Crippen LogP contribution in [0.3, 0.4) is 0 Å². The average Bonchev–Trinajstić information content (AvgIpc) is 2.08. The predicted octanol–water partition coefficient (Wildman–Crippen LogP) is 2.35. The Hall–Kier alpha value is -1.15. The lowest BCUT2D eigenvalue weighted by Crippen LogP contribution is -1.97. The number of rotatable bonds is 2. The van der Waals surface area contributed by atoms with E-state index in [0.717, 1.165) is 0 Å². The Morgan fingerprint density at radius 3 is 2.83 bits per heavy atom. The molecule has 2 heteroatoms. The van der Waals surface area contributed by atoms with Gasteiger partial charge in [0, 0.05) is 0 Å². The quantitative estimate of drug-likeness (QED) is 0.668. The van der Waals surface area contributed by atoms with Crippen LogP contribution in [0, 0.1) is 12.7 Å². The summed E-state index contributed by atoms with van der Waals surface area (Å²) in [7, 11) is 0. The summed E-state index contributed by atoms with van der Waals surface area (Å²) in [4.78, 5) is 0. The standard InChI is InChI=1S/C10H11FO/c1-3-10(12)8-5-4-6-9(11)7(8)2/h3-6,10,12H,1H2,2H3. The van der Waals surface area contributed by atoms with Crippen molar-refractivity contribution >= 4 is 0 Å². The normalized spacial score (nSPS) is 12.6. The lowest BCUT2D eigenvalue weighted by molar-refractivity contribution is 0.227. The number of hydrogen-bond donors (Lipinski definition) is 1. The van der Waals surface area contributed by atoms with Crippen molar-refractivity contribution in [3.8, 4) is 0 Å². The number of hydrogen-bond acceptors (Lipinski definition) is 1. The highest BCUT2D eigenvalue weighted by Crippen LogP contribution is 2.19. The lowest BCUT2D eigenvalue weighted by Gasteiger charge is -2.09. The molecule has 64 valence electrons. The zero-order valence-electron chi connectivity index (χ0n) is 6.92. The molecule has 12 heavy (non-hydrogen) atoms. The molecule has 1 rings (SSSR count). The largest absolute Gasteiger partial charge is 0.384 e. The van der Waals surface area contributed by atoms with E-state index in [0.29, 0.717) is 11.1 Å². The summed E-state index contributed by atoms with van der Waals surface area (Å²) in [5.41, 5.74) is 1.05. The van der Waals surface area contributed by atoms with Crippen LogP contribution in [0.4, 0.5) is 4.39 Å². The van der Waals surface area contributed by atoms with Crippen LogP contribution in [0.25, 0.3) is 0 Å². The molecule has 1 N–H and O–H groups in total. The SMILES string of the molecule is C=CC(O)c1cccc(F)c1C. The van der Waals surface area contributed by atoms with E-state index < -0.39 is 6.10 Å². The molecular weight excluding hydrogens is 155 g/mol. The molecule has 0 saturated heterocycles. The van der Waals surface area contributed by atoms with Crippen LogP contribution in [0.15, 0.2) is 30.9 Å². The summed E-state index contributed by atoms with van der Waals surface area (Å²) in [6.07, 6.45) is 0.600. The number of halogens is 1. The molecule has 0 fully saturated rings. The Kier molecular flexibility index (Phi) is 2.61. The molecule has 0 saturated carbocycles. The molecule has 0 aliphatic carbocycles. The molecule has 1 nitrogen and oxygen atoms in total. The maximum Gasteiger partial charge on any atom is 0.126 e. The van der Waals surface area contributed by atoms with Crippen molar-refractivity contribution in [2.75, 3.05) is 0 Å². The van der Waals surface area contributed by atoms with Gasteiger partial charge in [-0.15, -0.1) is 6.58 Å². The summed E-state index contributed by atoms with van der Waals surface area (Å²) in [6, 6.07) is 4.63. The zero-order chi connectivity index (χ0) is 9.14. The maximum absolute atomic E-state index is 12.9. The minimum absolute atomic E-state index is 0.298. The van der Waals surface area contributed by atoms with Crippen molar-refractivity contribution in [1.29, 1.82) is 0 Å². The molecule has 1 aromatic rings. The van der Waals surface area contributed by atoms with Crippen molar-refractivity contribution in [3.63, 3.8) is 0 Å². The summed E-state index contributed by atoms with van der Waals surface area (Å²) in [6.45, 7) is 5.07. The topological polar surface area (TPSA) is 20.2 Å². The van der Waals surface area contributed by atoms with Gasteiger partial charge in [-0.1, -0.05) is 18.2 Å². The summed E-state index contributed by atoms with van der Waals surface area (Å²) in [5.74, 6) is -0.298. The molecule has 0 aliphatic rings. The smallest absolute Gasteiger partial charge is 0.126 e. The monoisotopic (exact) mass is 166 g/mol. The molecule has 0 radical (unpaired) electrons. The van der Waals surface area contributed by atoms with Crippen molar-refractivity contribution in [3.05, 3.63) is 47.8 Å². The van der Waals surface area contributed by atoms with Crippen LogP contribution in [-0.2, 0) is 0 Å². The Labute approximate surface area is 71.2 Å². The molecule has 0 aromatic heterocycles. The minimum atomic E-state index is -0.777. The zero-order valence-corrected chi connectivity index (χ0v) is 6.92. The van der Waals surface area contributed by atoms with Gasteiger partial charge >= 0.3 is 0 Å². The second kappa shape index (κ2) is 3.50. The Morgan fingerprint density at radius 2 is 2.25 bits per heavy atom. The first-order chi connectivity index (χ1) is 5.66. The minimum Gasteiger partial charge on any atom is -0.384 e. The molecule has 1 aromatic carbocycles. The fraction of sp³-hybridized carbons (Fsp3) is 0.200. The van der Waals surface area contributed by atoms with Crippen molar-refractivity contribution in [1.82, 2.24) is 0 Å². The van der Waals surface area contributed by atoms with Crippen LogP contribution in [0.5, 0.6) is 0 Å². The number of aliphatic hydroxyl groups is 1. The van der Waals surface area contributed by atoms with E-state index in [1.165, 1.54) is 12.1 Å².